The number of alkyl halides is 2. The molecule has 1 aliphatic heterocycles. The maximum absolute atomic E-state index is 12.7. The van der Waals surface area contributed by atoms with Crippen LogP contribution in [0.5, 0.6) is 0 Å². The molecule has 0 N–H and O–H groups in total. The summed E-state index contributed by atoms with van der Waals surface area (Å²) in [6, 6.07) is 5.98. The SMILES string of the molecule is Fc1ccc(C2(Br)OCC(Br)O2)cc1. The molecule has 1 fully saturated rings. The summed E-state index contributed by atoms with van der Waals surface area (Å²) in [5.74, 6) is -0.279. The molecular weight excluding hydrogens is 319 g/mol. The molecule has 1 aliphatic rings. The van der Waals surface area contributed by atoms with Crippen LogP contribution in [-0.2, 0) is 14.2 Å². The Morgan fingerprint density at radius 1 is 1.36 bits per heavy atom. The van der Waals surface area contributed by atoms with Crippen LogP contribution in [0.3, 0.4) is 0 Å². The van der Waals surface area contributed by atoms with Gasteiger partial charge in [-0.25, -0.2) is 4.39 Å². The first kappa shape index (κ1) is 10.5. The molecule has 0 aromatic heterocycles. The Morgan fingerprint density at radius 3 is 2.50 bits per heavy atom. The lowest BCUT2D eigenvalue weighted by molar-refractivity contribution is -0.0776. The van der Waals surface area contributed by atoms with Crippen molar-refractivity contribution >= 4 is 31.9 Å². The minimum absolute atomic E-state index is 0.146. The summed E-state index contributed by atoms with van der Waals surface area (Å²) in [5.41, 5.74) is 0.737. The lowest BCUT2D eigenvalue weighted by Crippen LogP contribution is -2.18. The van der Waals surface area contributed by atoms with E-state index >= 15 is 0 Å². The molecule has 2 unspecified atom stereocenters. The quantitative estimate of drug-likeness (QED) is 0.739. The second-order valence-corrected chi connectivity index (χ2v) is 4.95. The summed E-state index contributed by atoms with van der Waals surface area (Å²) in [6.07, 6.45) is 0. The van der Waals surface area contributed by atoms with Crippen LogP contribution in [0.25, 0.3) is 0 Å². The third-order valence-corrected chi connectivity index (χ3v) is 3.19. The first-order chi connectivity index (χ1) is 6.60. The first-order valence-corrected chi connectivity index (χ1v) is 5.72. The maximum Gasteiger partial charge on any atom is 0.255 e. The summed E-state index contributed by atoms with van der Waals surface area (Å²) < 4.78 is 22.6. The number of hydrogen-bond acceptors (Lipinski definition) is 2. The van der Waals surface area contributed by atoms with Crippen molar-refractivity contribution < 1.29 is 13.9 Å². The average molecular weight is 326 g/mol. The van der Waals surface area contributed by atoms with Crippen LogP contribution < -0.4 is 0 Å². The molecule has 0 saturated carbocycles. The Hall–Kier alpha value is 0.0300. The van der Waals surface area contributed by atoms with Crippen LogP contribution in [0, 0.1) is 5.82 Å². The Bertz CT molecular complexity index is 330. The van der Waals surface area contributed by atoms with E-state index in [-0.39, 0.29) is 10.8 Å². The fourth-order valence-electron chi connectivity index (χ4n) is 1.21. The topological polar surface area (TPSA) is 18.5 Å². The van der Waals surface area contributed by atoms with Gasteiger partial charge >= 0.3 is 0 Å². The number of benzene rings is 1. The Balaban J connectivity index is 2.26. The zero-order valence-electron chi connectivity index (χ0n) is 7.04. The van der Waals surface area contributed by atoms with Crippen molar-refractivity contribution in [3.05, 3.63) is 35.6 Å². The average Bonchev–Trinajstić information content (AvgIpc) is 2.48. The predicted molar refractivity (Wildman–Crippen MR) is 56.8 cm³/mol. The molecule has 14 heavy (non-hydrogen) atoms. The van der Waals surface area contributed by atoms with E-state index in [4.69, 9.17) is 9.47 Å². The molecule has 1 heterocycles. The summed E-state index contributed by atoms with van der Waals surface area (Å²) in [4.78, 5) is 0. The van der Waals surface area contributed by atoms with Gasteiger partial charge in [0.25, 0.3) is 4.70 Å². The molecule has 76 valence electrons. The molecule has 1 aromatic carbocycles. The van der Waals surface area contributed by atoms with Crippen molar-refractivity contribution in [1.29, 1.82) is 0 Å². The highest BCUT2D eigenvalue weighted by molar-refractivity contribution is 9.10. The largest absolute Gasteiger partial charge is 0.333 e. The molecule has 0 bridgehead atoms. The second kappa shape index (κ2) is 3.89. The highest BCUT2D eigenvalue weighted by Gasteiger charge is 2.39. The van der Waals surface area contributed by atoms with Crippen LogP contribution in [0.15, 0.2) is 24.3 Å². The van der Waals surface area contributed by atoms with Gasteiger partial charge in [-0.3, -0.25) is 0 Å². The molecule has 1 saturated heterocycles. The van der Waals surface area contributed by atoms with E-state index in [2.05, 4.69) is 31.9 Å². The Morgan fingerprint density at radius 2 is 2.00 bits per heavy atom. The van der Waals surface area contributed by atoms with Gasteiger partial charge in [0.05, 0.1) is 6.61 Å². The van der Waals surface area contributed by atoms with Gasteiger partial charge in [-0.2, -0.15) is 0 Å². The van der Waals surface area contributed by atoms with Crippen LogP contribution in [0.2, 0.25) is 0 Å². The Labute approximate surface area is 97.6 Å². The van der Waals surface area contributed by atoms with Gasteiger partial charge in [-0.1, -0.05) is 15.9 Å². The number of rotatable bonds is 1. The lowest BCUT2D eigenvalue weighted by Gasteiger charge is -2.20. The van der Waals surface area contributed by atoms with Crippen molar-refractivity contribution in [3.63, 3.8) is 0 Å². The number of halogens is 3. The molecule has 0 aliphatic carbocycles. The van der Waals surface area contributed by atoms with Gasteiger partial charge < -0.3 is 9.47 Å². The van der Waals surface area contributed by atoms with Crippen molar-refractivity contribution in [2.75, 3.05) is 6.61 Å². The van der Waals surface area contributed by atoms with Crippen molar-refractivity contribution in [3.8, 4) is 0 Å². The van der Waals surface area contributed by atoms with E-state index in [1.54, 1.807) is 12.1 Å². The third kappa shape index (κ3) is 2.00. The van der Waals surface area contributed by atoms with Crippen LogP contribution in [-0.4, -0.2) is 11.6 Å². The van der Waals surface area contributed by atoms with Gasteiger partial charge in [-0.05, 0) is 40.2 Å². The molecule has 5 heteroatoms. The van der Waals surface area contributed by atoms with Crippen molar-refractivity contribution in [1.82, 2.24) is 0 Å². The van der Waals surface area contributed by atoms with Gasteiger partial charge in [0.15, 0.2) is 0 Å². The normalized spacial score (nSPS) is 32.1. The minimum atomic E-state index is -0.950. The van der Waals surface area contributed by atoms with E-state index in [0.29, 0.717) is 6.61 Å². The predicted octanol–water partition coefficient (Wildman–Crippen LogP) is 3.10. The molecular formula is C9H7Br2FO2. The van der Waals surface area contributed by atoms with Crippen LogP contribution >= 0.6 is 31.9 Å². The monoisotopic (exact) mass is 324 g/mol. The standard InChI is InChI=1S/C9H7Br2FO2/c10-8-5-13-9(11,14-8)6-1-3-7(12)4-2-6/h1-4,8H,5H2. The van der Waals surface area contributed by atoms with Gasteiger partial charge in [0.1, 0.15) is 10.8 Å². The molecule has 0 amide bonds. The Kier molecular flexibility index (Phi) is 2.93. The smallest absolute Gasteiger partial charge is 0.255 e. The van der Waals surface area contributed by atoms with Gasteiger partial charge in [0.2, 0.25) is 0 Å². The second-order valence-electron chi connectivity index (χ2n) is 2.88. The van der Waals surface area contributed by atoms with Crippen molar-refractivity contribution in [2.45, 2.75) is 9.71 Å². The lowest BCUT2D eigenvalue weighted by atomic mass is 10.2. The van der Waals surface area contributed by atoms with Gasteiger partial charge in [0, 0.05) is 5.56 Å². The summed E-state index contributed by atoms with van der Waals surface area (Å²) in [7, 11) is 0. The molecule has 2 rings (SSSR count). The molecule has 0 spiro atoms. The highest BCUT2D eigenvalue weighted by Crippen LogP contribution is 2.41. The van der Waals surface area contributed by atoms with Crippen LogP contribution in [0.4, 0.5) is 4.39 Å². The summed E-state index contributed by atoms with van der Waals surface area (Å²) >= 11 is 6.60. The summed E-state index contributed by atoms with van der Waals surface area (Å²) in [6.45, 7) is 0.447. The third-order valence-electron chi connectivity index (χ3n) is 1.87. The van der Waals surface area contributed by atoms with E-state index < -0.39 is 4.70 Å². The van der Waals surface area contributed by atoms with E-state index in [1.165, 1.54) is 12.1 Å². The van der Waals surface area contributed by atoms with E-state index in [0.717, 1.165) is 5.56 Å². The van der Waals surface area contributed by atoms with E-state index in [1.807, 2.05) is 0 Å². The summed E-state index contributed by atoms with van der Waals surface area (Å²) in [5, 5.41) is -0.146. The van der Waals surface area contributed by atoms with E-state index in [9.17, 15) is 4.39 Å². The van der Waals surface area contributed by atoms with Crippen LogP contribution in [0.1, 0.15) is 5.56 Å². The number of ether oxygens (including phenoxy) is 2. The minimum Gasteiger partial charge on any atom is -0.333 e. The molecule has 0 radical (unpaired) electrons. The zero-order chi connectivity index (χ0) is 10.2. The molecule has 2 atom stereocenters. The first-order valence-electron chi connectivity index (χ1n) is 4.01. The number of hydrogen-bond donors (Lipinski definition) is 0. The van der Waals surface area contributed by atoms with Crippen molar-refractivity contribution in [2.24, 2.45) is 0 Å². The maximum atomic E-state index is 12.7. The fourth-order valence-corrected chi connectivity index (χ4v) is 2.47. The molecule has 2 nitrogen and oxygen atoms in total. The van der Waals surface area contributed by atoms with Gasteiger partial charge in [-0.15, -0.1) is 0 Å². The fraction of sp³-hybridized carbons (Fsp3) is 0.333. The highest BCUT2D eigenvalue weighted by atomic mass is 79.9. The molecule has 1 aromatic rings. The zero-order valence-corrected chi connectivity index (χ0v) is 10.2.